The van der Waals surface area contributed by atoms with Gasteiger partial charge in [0.1, 0.15) is 5.69 Å². The van der Waals surface area contributed by atoms with Gasteiger partial charge in [0.25, 0.3) is 0 Å². The highest BCUT2D eigenvalue weighted by Crippen LogP contribution is 2.38. The zero-order valence-electron chi connectivity index (χ0n) is 12.2. The van der Waals surface area contributed by atoms with E-state index in [-0.39, 0.29) is 17.1 Å². The molecule has 4 heteroatoms. The number of imidazole rings is 1. The van der Waals surface area contributed by atoms with Crippen molar-refractivity contribution in [2.24, 2.45) is 11.3 Å². The van der Waals surface area contributed by atoms with E-state index in [1.165, 1.54) is 0 Å². The van der Waals surface area contributed by atoms with Gasteiger partial charge in [-0.25, -0.2) is 4.98 Å². The van der Waals surface area contributed by atoms with Gasteiger partial charge in [0.2, 0.25) is 0 Å². The number of nitrogens with zero attached hydrogens (tertiary/aromatic N) is 3. The van der Waals surface area contributed by atoms with Crippen LogP contribution in [-0.2, 0) is 6.42 Å². The van der Waals surface area contributed by atoms with Crippen molar-refractivity contribution in [3.63, 3.8) is 0 Å². The zero-order chi connectivity index (χ0) is 14.3. The number of hydrogen-bond donors (Lipinski definition) is 0. The first-order chi connectivity index (χ1) is 9.50. The average Bonchev–Trinajstić information content (AvgIpc) is 2.81. The number of nitriles is 1. The largest absolute Gasteiger partial charge is 0.325 e. The molecular weight excluding hydrogens is 250 g/mol. The summed E-state index contributed by atoms with van der Waals surface area (Å²) in [5.74, 6) is 0.427. The average molecular weight is 271 g/mol. The van der Waals surface area contributed by atoms with Gasteiger partial charge in [0.05, 0.1) is 18.1 Å². The molecular formula is C16H21N3O. The molecule has 0 amide bonds. The molecule has 0 unspecified atom stereocenters. The quantitative estimate of drug-likeness (QED) is 0.787. The van der Waals surface area contributed by atoms with Crippen LogP contribution in [0, 0.1) is 22.7 Å². The normalized spacial score (nSPS) is 28.8. The van der Waals surface area contributed by atoms with Gasteiger partial charge in [-0.15, -0.1) is 0 Å². The highest BCUT2D eigenvalue weighted by Gasteiger charge is 2.36. The van der Waals surface area contributed by atoms with E-state index < -0.39 is 0 Å². The third-order valence-electron chi connectivity index (χ3n) is 4.69. The summed E-state index contributed by atoms with van der Waals surface area (Å²) in [6, 6.07) is 2.71. The molecule has 0 radical (unpaired) electrons. The molecule has 1 aromatic heterocycles. The van der Waals surface area contributed by atoms with Crippen LogP contribution < -0.4 is 0 Å². The molecule has 20 heavy (non-hydrogen) atoms. The minimum absolute atomic E-state index is 0.0295. The lowest BCUT2D eigenvalue weighted by molar-refractivity contribution is 0.0896. The summed E-state index contributed by atoms with van der Waals surface area (Å²) in [6.07, 6.45) is 7.19. The zero-order valence-corrected chi connectivity index (χ0v) is 12.2. The summed E-state index contributed by atoms with van der Waals surface area (Å²) in [6.45, 7) is 4.26. The van der Waals surface area contributed by atoms with E-state index in [4.69, 9.17) is 5.26 Å². The van der Waals surface area contributed by atoms with Crippen molar-refractivity contribution in [2.45, 2.75) is 58.4 Å². The van der Waals surface area contributed by atoms with E-state index in [0.717, 1.165) is 43.5 Å². The maximum absolute atomic E-state index is 12.4. The Labute approximate surface area is 119 Å². The van der Waals surface area contributed by atoms with Crippen LogP contribution in [0.4, 0.5) is 0 Å². The van der Waals surface area contributed by atoms with Crippen molar-refractivity contribution < 1.29 is 4.79 Å². The molecule has 0 saturated heterocycles. The minimum Gasteiger partial charge on any atom is -0.325 e. The van der Waals surface area contributed by atoms with Crippen molar-refractivity contribution in [3.8, 4) is 6.07 Å². The Morgan fingerprint density at radius 1 is 1.30 bits per heavy atom. The Hall–Kier alpha value is -1.63. The van der Waals surface area contributed by atoms with Gasteiger partial charge in [-0.3, -0.25) is 4.79 Å². The number of fused-ring (bicyclic) bond motifs is 1. The Morgan fingerprint density at radius 2 is 2.00 bits per heavy atom. The van der Waals surface area contributed by atoms with Crippen LogP contribution in [-0.4, -0.2) is 15.3 Å². The van der Waals surface area contributed by atoms with E-state index >= 15 is 0 Å². The van der Waals surface area contributed by atoms with E-state index in [9.17, 15) is 4.79 Å². The third kappa shape index (κ3) is 2.26. The molecule has 106 valence electrons. The first-order valence-electron chi connectivity index (χ1n) is 7.49. The number of hydrogen-bond acceptors (Lipinski definition) is 3. The van der Waals surface area contributed by atoms with Crippen LogP contribution in [0.15, 0.2) is 6.33 Å². The number of aromatic nitrogens is 2. The van der Waals surface area contributed by atoms with Crippen molar-refractivity contribution in [1.82, 2.24) is 9.55 Å². The van der Waals surface area contributed by atoms with E-state index in [1.807, 2.05) is 6.33 Å². The molecule has 1 fully saturated rings. The smallest absolute Gasteiger partial charge is 0.181 e. The van der Waals surface area contributed by atoms with E-state index in [1.54, 1.807) is 0 Å². The highest BCUT2D eigenvalue weighted by molar-refractivity contribution is 5.97. The molecule has 2 aliphatic rings. The molecule has 1 saturated carbocycles. The van der Waals surface area contributed by atoms with Gasteiger partial charge in [0.15, 0.2) is 5.78 Å². The predicted octanol–water partition coefficient (Wildman–Crippen LogP) is 3.29. The second kappa shape index (κ2) is 4.73. The fourth-order valence-corrected chi connectivity index (χ4v) is 3.63. The molecule has 0 spiro atoms. The van der Waals surface area contributed by atoms with Crippen LogP contribution in [0.2, 0.25) is 0 Å². The third-order valence-corrected chi connectivity index (χ3v) is 4.69. The van der Waals surface area contributed by atoms with Gasteiger partial charge in [-0.05, 0) is 37.5 Å². The molecule has 1 heterocycles. The summed E-state index contributed by atoms with van der Waals surface area (Å²) in [5.41, 5.74) is 1.83. The van der Waals surface area contributed by atoms with Crippen LogP contribution in [0.1, 0.15) is 68.2 Å². The minimum atomic E-state index is 0.0295. The lowest BCUT2D eigenvalue weighted by atomic mass is 9.77. The van der Waals surface area contributed by atoms with Crippen LogP contribution >= 0.6 is 0 Å². The van der Waals surface area contributed by atoms with Gasteiger partial charge in [0, 0.05) is 18.4 Å². The Balaban J connectivity index is 1.86. The molecule has 2 aliphatic carbocycles. The van der Waals surface area contributed by atoms with E-state index in [0.29, 0.717) is 12.5 Å². The number of carbonyl (C=O) groups is 1. The molecule has 3 rings (SSSR count). The van der Waals surface area contributed by atoms with Gasteiger partial charge < -0.3 is 4.57 Å². The number of carbonyl (C=O) groups excluding carboxylic acids is 1. The molecule has 0 N–H and O–H groups in total. The first kappa shape index (κ1) is 13.4. The highest BCUT2D eigenvalue weighted by atomic mass is 16.1. The van der Waals surface area contributed by atoms with Crippen molar-refractivity contribution >= 4 is 5.78 Å². The Bertz CT molecular complexity index is 571. The second-order valence-corrected chi connectivity index (χ2v) is 7.02. The molecule has 1 aromatic rings. The lowest BCUT2D eigenvalue weighted by Gasteiger charge is -2.31. The fraction of sp³-hybridized carbons (Fsp3) is 0.688. The lowest BCUT2D eigenvalue weighted by Crippen LogP contribution is -2.30. The summed E-state index contributed by atoms with van der Waals surface area (Å²) >= 11 is 0. The van der Waals surface area contributed by atoms with Gasteiger partial charge >= 0.3 is 0 Å². The summed E-state index contributed by atoms with van der Waals surface area (Å²) < 4.78 is 2.10. The standard InChI is InChI=1S/C16H21N3O/c1-16(2)7-13-15(14(20)8-16)19(10-18-13)12-5-3-11(9-17)4-6-12/h10-12H,3-8H2,1-2H3. The molecule has 0 atom stereocenters. The molecule has 0 aliphatic heterocycles. The molecule has 4 nitrogen and oxygen atoms in total. The van der Waals surface area contributed by atoms with Crippen molar-refractivity contribution in [3.05, 3.63) is 17.7 Å². The fourth-order valence-electron chi connectivity index (χ4n) is 3.63. The second-order valence-electron chi connectivity index (χ2n) is 7.02. The van der Waals surface area contributed by atoms with Crippen molar-refractivity contribution in [1.29, 1.82) is 5.26 Å². The topological polar surface area (TPSA) is 58.7 Å². The Kier molecular flexibility index (Phi) is 3.16. The van der Waals surface area contributed by atoms with Crippen LogP contribution in [0.3, 0.4) is 0 Å². The molecule has 0 aromatic carbocycles. The summed E-state index contributed by atoms with van der Waals surface area (Å²) in [7, 11) is 0. The summed E-state index contributed by atoms with van der Waals surface area (Å²) in [4.78, 5) is 16.9. The van der Waals surface area contributed by atoms with Crippen LogP contribution in [0.5, 0.6) is 0 Å². The first-order valence-corrected chi connectivity index (χ1v) is 7.49. The van der Waals surface area contributed by atoms with Crippen molar-refractivity contribution in [2.75, 3.05) is 0 Å². The maximum atomic E-state index is 12.4. The Morgan fingerprint density at radius 3 is 2.65 bits per heavy atom. The monoisotopic (exact) mass is 271 g/mol. The summed E-state index contributed by atoms with van der Waals surface area (Å²) in [5, 5.41) is 8.98. The number of rotatable bonds is 1. The number of ketones is 1. The van der Waals surface area contributed by atoms with Gasteiger partial charge in [-0.2, -0.15) is 5.26 Å². The van der Waals surface area contributed by atoms with Crippen LogP contribution in [0.25, 0.3) is 0 Å². The SMILES string of the molecule is CC1(C)CC(=O)c2c(ncn2C2CCC(C#N)CC2)C1. The molecule has 0 bridgehead atoms. The number of Topliss-reactive ketones (excluding diaryl/α,β-unsaturated/α-hetero) is 1. The maximum Gasteiger partial charge on any atom is 0.181 e. The predicted molar refractivity (Wildman–Crippen MR) is 75.3 cm³/mol. The van der Waals surface area contributed by atoms with E-state index in [2.05, 4.69) is 29.5 Å². The van der Waals surface area contributed by atoms with Gasteiger partial charge in [-0.1, -0.05) is 13.8 Å².